The number of rotatable bonds is 1. The van der Waals surface area contributed by atoms with E-state index >= 15 is 0 Å². The average molecular weight is 153 g/mol. The Kier molecular flexibility index (Phi) is 4.29. The molecule has 0 aromatic carbocycles. The highest BCUT2D eigenvalue weighted by Crippen LogP contribution is 2.11. The van der Waals surface area contributed by atoms with Crippen LogP contribution in [0.25, 0.3) is 0 Å². The Hall–Kier alpha value is -0.300. The molecule has 0 amide bonds. The quantitative estimate of drug-likeness (QED) is 0.571. The molecule has 1 heteroatoms. The lowest BCUT2D eigenvalue weighted by Crippen LogP contribution is -2.15. The van der Waals surface area contributed by atoms with Crippen molar-refractivity contribution in [1.82, 2.24) is 5.32 Å². The van der Waals surface area contributed by atoms with Gasteiger partial charge in [0.1, 0.15) is 0 Å². The maximum atomic E-state index is 3.44. The van der Waals surface area contributed by atoms with Gasteiger partial charge in [0.05, 0.1) is 0 Å². The summed E-state index contributed by atoms with van der Waals surface area (Å²) in [6.07, 6.45) is 8.90. The number of hydrogen-bond acceptors (Lipinski definition) is 1. The molecule has 0 aromatic rings. The third kappa shape index (κ3) is 3.57. The van der Waals surface area contributed by atoms with Crippen molar-refractivity contribution in [3.63, 3.8) is 0 Å². The summed E-state index contributed by atoms with van der Waals surface area (Å²) < 4.78 is 0. The van der Waals surface area contributed by atoms with Crippen LogP contribution in [0.1, 0.15) is 39.0 Å². The van der Waals surface area contributed by atoms with Crippen molar-refractivity contribution in [3.8, 4) is 0 Å². The van der Waals surface area contributed by atoms with Crippen LogP contribution in [-0.2, 0) is 0 Å². The molecule has 0 aliphatic carbocycles. The third-order valence-electron chi connectivity index (χ3n) is 2.30. The van der Waals surface area contributed by atoms with E-state index in [9.17, 15) is 0 Å². The van der Waals surface area contributed by atoms with Crippen LogP contribution in [0.15, 0.2) is 11.6 Å². The minimum Gasteiger partial charge on any atom is -0.317 e. The molecule has 1 rings (SSSR count). The molecule has 1 aliphatic heterocycles. The van der Waals surface area contributed by atoms with E-state index in [4.69, 9.17) is 0 Å². The molecule has 64 valence electrons. The van der Waals surface area contributed by atoms with Crippen LogP contribution in [0.2, 0.25) is 0 Å². The smallest absolute Gasteiger partial charge is 0.00459 e. The van der Waals surface area contributed by atoms with Gasteiger partial charge in [-0.1, -0.05) is 18.6 Å². The number of nitrogens with one attached hydrogen (secondary N) is 1. The van der Waals surface area contributed by atoms with Crippen molar-refractivity contribution in [2.24, 2.45) is 0 Å². The van der Waals surface area contributed by atoms with Crippen LogP contribution < -0.4 is 5.32 Å². The Labute approximate surface area is 69.9 Å². The van der Waals surface area contributed by atoms with Gasteiger partial charge >= 0.3 is 0 Å². The minimum atomic E-state index is 1.20. The minimum absolute atomic E-state index is 1.20. The Morgan fingerprint density at radius 3 is 3.00 bits per heavy atom. The molecule has 0 unspecified atom stereocenters. The maximum absolute atomic E-state index is 3.44. The molecule has 1 heterocycles. The number of allylic oxidation sites excluding steroid dienone is 2. The molecule has 0 saturated carbocycles. The van der Waals surface area contributed by atoms with Gasteiger partial charge in [-0.3, -0.25) is 0 Å². The predicted octanol–water partition coefficient (Wildman–Crippen LogP) is 2.49. The summed E-state index contributed by atoms with van der Waals surface area (Å²) in [6.45, 7) is 4.67. The van der Waals surface area contributed by atoms with E-state index in [2.05, 4.69) is 18.3 Å². The zero-order valence-corrected chi connectivity index (χ0v) is 7.53. The van der Waals surface area contributed by atoms with Gasteiger partial charge in [-0.15, -0.1) is 0 Å². The van der Waals surface area contributed by atoms with Crippen molar-refractivity contribution in [2.45, 2.75) is 39.0 Å². The van der Waals surface area contributed by atoms with Crippen LogP contribution in [-0.4, -0.2) is 13.1 Å². The Bertz CT molecular complexity index is 127. The van der Waals surface area contributed by atoms with Gasteiger partial charge in [-0.05, 0) is 45.2 Å². The Balaban J connectivity index is 2.34. The fraction of sp³-hybridized carbons (Fsp3) is 0.800. The molecular formula is C10H19N. The third-order valence-corrected chi connectivity index (χ3v) is 2.30. The van der Waals surface area contributed by atoms with Crippen molar-refractivity contribution in [1.29, 1.82) is 0 Å². The van der Waals surface area contributed by atoms with Crippen LogP contribution >= 0.6 is 0 Å². The van der Waals surface area contributed by atoms with E-state index in [0.717, 1.165) is 0 Å². The summed E-state index contributed by atoms with van der Waals surface area (Å²) in [5.74, 6) is 0. The summed E-state index contributed by atoms with van der Waals surface area (Å²) in [7, 11) is 0. The second-order valence-electron chi connectivity index (χ2n) is 3.21. The first-order valence-corrected chi connectivity index (χ1v) is 4.82. The molecule has 11 heavy (non-hydrogen) atoms. The average Bonchev–Trinajstić information content (AvgIpc) is 2.16. The van der Waals surface area contributed by atoms with E-state index < -0.39 is 0 Å². The van der Waals surface area contributed by atoms with Gasteiger partial charge in [0.2, 0.25) is 0 Å². The molecule has 0 atom stereocenters. The van der Waals surface area contributed by atoms with E-state index in [0.29, 0.717) is 0 Å². The van der Waals surface area contributed by atoms with Crippen molar-refractivity contribution >= 4 is 0 Å². The summed E-state index contributed by atoms with van der Waals surface area (Å²) in [5, 5.41) is 3.44. The van der Waals surface area contributed by atoms with E-state index in [1.165, 1.54) is 45.2 Å². The molecule has 1 N–H and O–H groups in total. The molecule has 1 nitrogen and oxygen atoms in total. The number of hydrogen-bond donors (Lipinski definition) is 1. The van der Waals surface area contributed by atoms with Crippen LogP contribution in [0.4, 0.5) is 0 Å². The topological polar surface area (TPSA) is 12.0 Å². The van der Waals surface area contributed by atoms with Gasteiger partial charge in [0.25, 0.3) is 0 Å². The van der Waals surface area contributed by atoms with Gasteiger partial charge in [0, 0.05) is 0 Å². The predicted molar refractivity (Wildman–Crippen MR) is 49.7 cm³/mol. The van der Waals surface area contributed by atoms with Gasteiger partial charge < -0.3 is 5.32 Å². The second-order valence-corrected chi connectivity index (χ2v) is 3.21. The molecular weight excluding hydrogens is 134 g/mol. The maximum Gasteiger partial charge on any atom is -0.00459 e. The summed E-state index contributed by atoms with van der Waals surface area (Å²) >= 11 is 0. The molecule has 0 fully saturated rings. The van der Waals surface area contributed by atoms with Crippen LogP contribution in [0.3, 0.4) is 0 Å². The Morgan fingerprint density at radius 1 is 1.36 bits per heavy atom. The van der Waals surface area contributed by atoms with E-state index in [1.807, 2.05) is 0 Å². The standard InChI is InChI=1S/C10H19N/c1-2-10-6-3-4-8-11-9-5-7-10/h6,11H,2-5,7-9H2,1H3/b10-6+. The summed E-state index contributed by atoms with van der Waals surface area (Å²) in [5.41, 5.74) is 1.66. The first-order valence-electron chi connectivity index (χ1n) is 4.82. The van der Waals surface area contributed by atoms with Crippen molar-refractivity contribution in [3.05, 3.63) is 11.6 Å². The molecule has 0 aromatic heterocycles. The molecule has 0 bridgehead atoms. The highest BCUT2D eigenvalue weighted by atomic mass is 14.8. The molecule has 0 radical (unpaired) electrons. The first-order chi connectivity index (χ1) is 5.43. The van der Waals surface area contributed by atoms with E-state index in [1.54, 1.807) is 5.57 Å². The van der Waals surface area contributed by atoms with Crippen molar-refractivity contribution in [2.75, 3.05) is 13.1 Å². The SMILES string of the molecule is CC/C1=C\CCCNCCC1. The Morgan fingerprint density at radius 2 is 2.18 bits per heavy atom. The monoisotopic (exact) mass is 153 g/mol. The zero-order valence-electron chi connectivity index (χ0n) is 7.53. The first kappa shape index (κ1) is 8.79. The lowest BCUT2D eigenvalue weighted by molar-refractivity contribution is 0.635. The zero-order chi connectivity index (χ0) is 7.94. The lowest BCUT2D eigenvalue weighted by atomic mass is 10.1. The van der Waals surface area contributed by atoms with Gasteiger partial charge in [-0.2, -0.15) is 0 Å². The molecule has 0 spiro atoms. The summed E-state index contributed by atoms with van der Waals surface area (Å²) in [6, 6.07) is 0. The van der Waals surface area contributed by atoms with Crippen LogP contribution in [0.5, 0.6) is 0 Å². The van der Waals surface area contributed by atoms with E-state index in [-0.39, 0.29) is 0 Å². The largest absolute Gasteiger partial charge is 0.317 e. The summed E-state index contributed by atoms with van der Waals surface area (Å²) in [4.78, 5) is 0. The highest BCUT2D eigenvalue weighted by Gasteiger charge is 1.97. The van der Waals surface area contributed by atoms with Crippen molar-refractivity contribution < 1.29 is 0 Å². The second kappa shape index (κ2) is 5.36. The molecule has 0 saturated heterocycles. The lowest BCUT2D eigenvalue weighted by Gasteiger charge is -2.02. The normalized spacial score (nSPS) is 26.1. The highest BCUT2D eigenvalue weighted by molar-refractivity contribution is 5.01. The van der Waals surface area contributed by atoms with Crippen LogP contribution in [0, 0.1) is 0 Å². The van der Waals surface area contributed by atoms with Gasteiger partial charge in [-0.25, -0.2) is 0 Å². The van der Waals surface area contributed by atoms with Gasteiger partial charge in [0.15, 0.2) is 0 Å². The fourth-order valence-corrected chi connectivity index (χ4v) is 1.52. The molecule has 1 aliphatic rings. The fourth-order valence-electron chi connectivity index (χ4n) is 1.52.